The van der Waals surface area contributed by atoms with Crippen molar-refractivity contribution in [2.24, 2.45) is 7.05 Å². The molecule has 2 heterocycles. The Labute approximate surface area is 209 Å². The first kappa shape index (κ1) is 29.2. The van der Waals surface area contributed by atoms with Gasteiger partial charge in [0.15, 0.2) is 11.5 Å². The van der Waals surface area contributed by atoms with Crippen LogP contribution in [-0.2, 0) is 19.1 Å². The van der Waals surface area contributed by atoms with Crippen molar-refractivity contribution in [2.75, 3.05) is 6.54 Å². The molecule has 1 N–H and O–H groups in total. The lowest BCUT2D eigenvalue weighted by molar-refractivity contribution is -0.292. The van der Waals surface area contributed by atoms with Crippen molar-refractivity contribution in [1.82, 2.24) is 20.3 Å². The highest BCUT2D eigenvalue weighted by Crippen LogP contribution is 2.50. The van der Waals surface area contributed by atoms with Crippen LogP contribution in [0, 0.1) is 0 Å². The maximum Gasteiger partial charge on any atom is 0.459 e. The van der Waals surface area contributed by atoms with Gasteiger partial charge in [-0.05, 0) is 18.2 Å². The molecule has 0 atom stereocenters. The molecule has 0 unspecified atom stereocenters. The predicted octanol–water partition coefficient (Wildman–Crippen LogP) is 6.75. The van der Waals surface area contributed by atoms with Gasteiger partial charge in [-0.15, -0.1) is 0 Å². The van der Waals surface area contributed by atoms with Crippen LogP contribution in [0.1, 0.15) is 28.0 Å². The lowest BCUT2D eigenvalue weighted by atomic mass is 10.0. The highest BCUT2D eigenvalue weighted by atomic mass is 35.5. The molecule has 0 aliphatic carbocycles. The number of carbonyl (C=O) groups excluding carboxylic acids is 1. The monoisotopic (exact) mass is 584 g/mol. The maximum absolute atomic E-state index is 13.9. The lowest BCUT2D eigenvalue weighted by Crippen LogP contribution is -2.36. The number of nitrogens with zero attached hydrogens (tertiary/aromatic N) is 3. The largest absolute Gasteiger partial charge is 0.459 e. The first-order valence-electron chi connectivity index (χ1n) is 9.95. The van der Waals surface area contributed by atoms with Crippen molar-refractivity contribution in [3.8, 4) is 22.7 Å². The lowest BCUT2D eigenvalue weighted by Gasteiger charge is -2.19. The number of amides is 1. The van der Waals surface area contributed by atoms with Crippen LogP contribution in [0.4, 0.5) is 48.3 Å². The summed E-state index contributed by atoms with van der Waals surface area (Å²) < 4.78 is 149. The molecule has 0 radical (unpaired) electrons. The predicted molar refractivity (Wildman–Crippen MR) is 107 cm³/mol. The SMILES string of the molecule is Cn1nc(C(F)(F)C(F)(F)F)c(C(F)(F)F)c1-c1cc(-c2ccc(Cl)c(C(=O)NCCC(F)(F)F)c2)on1. The number of benzene rings is 1. The molecule has 2 aromatic heterocycles. The number of hydrogen-bond acceptors (Lipinski definition) is 4. The third-order valence-electron chi connectivity index (χ3n) is 4.93. The molecule has 0 aliphatic rings. The van der Waals surface area contributed by atoms with E-state index in [0.29, 0.717) is 7.05 Å². The summed E-state index contributed by atoms with van der Waals surface area (Å²) >= 11 is 5.89. The average Bonchev–Trinajstić information content (AvgIpc) is 3.36. The first-order valence-corrected chi connectivity index (χ1v) is 10.3. The van der Waals surface area contributed by atoms with Crippen LogP contribution in [0.3, 0.4) is 0 Å². The van der Waals surface area contributed by atoms with Crippen molar-refractivity contribution in [2.45, 2.75) is 30.9 Å². The molecule has 3 aromatic rings. The van der Waals surface area contributed by atoms with Gasteiger partial charge in [0.2, 0.25) is 0 Å². The Balaban J connectivity index is 2.03. The number of nitrogens with one attached hydrogen (secondary N) is 1. The van der Waals surface area contributed by atoms with Crippen LogP contribution in [0.25, 0.3) is 22.7 Å². The van der Waals surface area contributed by atoms with Crippen LogP contribution in [-0.4, -0.2) is 39.7 Å². The summed E-state index contributed by atoms with van der Waals surface area (Å²) in [5.74, 6) is -7.39. The Morgan fingerprint density at radius 1 is 1.03 bits per heavy atom. The van der Waals surface area contributed by atoms with Gasteiger partial charge in [0.25, 0.3) is 5.91 Å². The molecule has 0 saturated heterocycles. The maximum atomic E-state index is 13.9. The molecular formula is C20H12ClF11N4O2. The number of carbonyl (C=O) groups is 1. The highest BCUT2D eigenvalue weighted by Gasteiger charge is 2.64. The van der Waals surface area contributed by atoms with E-state index < -0.39 is 66.0 Å². The summed E-state index contributed by atoms with van der Waals surface area (Å²) in [7, 11) is 0.681. The molecule has 0 bridgehead atoms. The van der Waals surface area contributed by atoms with Crippen molar-refractivity contribution in [3.05, 3.63) is 46.1 Å². The minimum Gasteiger partial charge on any atom is -0.356 e. The van der Waals surface area contributed by atoms with E-state index >= 15 is 0 Å². The molecule has 38 heavy (non-hydrogen) atoms. The first-order chi connectivity index (χ1) is 17.2. The van der Waals surface area contributed by atoms with E-state index in [1.807, 2.05) is 5.32 Å². The van der Waals surface area contributed by atoms with Crippen molar-refractivity contribution in [1.29, 1.82) is 0 Å². The molecule has 208 valence electrons. The second-order valence-corrected chi connectivity index (χ2v) is 8.07. The molecule has 3 rings (SSSR count). The topological polar surface area (TPSA) is 73.0 Å². The molecule has 0 spiro atoms. The number of hydrogen-bond donors (Lipinski definition) is 1. The zero-order valence-electron chi connectivity index (χ0n) is 18.4. The van der Waals surface area contributed by atoms with Crippen molar-refractivity contribution >= 4 is 17.5 Å². The number of aromatic nitrogens is 3. The molecular weight excluding hydrogens is 573 g/mol. The zero-order valence-corrected chi connectivity index (χ0v) is 19.2. The molecule has 18 heteroatoms. The second kappa shape index (κ2) is 9.74. The molecule has 0 saturated carbocycles. The second-order valence-electron chi connectivity index (χ2n) is 7.66. The number of alkyl halides is 11. The summed E-state index contributed by atoms with van der Waals surface area (Å²) in [5, 5.41) is 7.83. The van der Waals surface area contributed by atoms with E-state index in [1.165, 1.54) is 6.07 Å². The van der Waals surface area contributed by atoms with Crippen LogP contribution in [0.5, 0.6) is 0 Å². The van der Waals surface area contributed by atoms with Gasteiger partial charge in [-0.2, -0.15) is 53.4 Å². The molecule has 1 amide bonds. The smallest absolute Gasteiger partial charge is 0.356 e. The van der Waals surface area contributed by atoms with Crippen LogP contribution in [0.2, 0.25) is 5.02 Å². The van der Waals surface area contributed by atoms with E-state index in [2.05, 4.69) is 10.3 Å². The van der Waals surface area contributed by atoms with E-state index in [0.717, 1.165) is 18.2 Å². The third-order valence-corrected chi connectivity index (χ3v) is 5.26. The van der Waals surface area contributed by atoms with Gasteiger partial charge in [-0.1, -0.05) is 16.8 Å². The van der Waals surface area contributed by atoms with Crippen molar-refractivity contribution < 1.29 is 57.6 Å². The summed E-state index contributed by atoms with van der Waals surface area (Å²) in [5.41, 5.74) is -7.55. The fourth-order valence-electron chi connectivity index (χ4n) is 3.23. The number of halogens is 12. The van der Waals surface area contributed by atoms with Crippen LogP contribution < -0.4 is 5.32 Å². The number of rotatable bonds is 6. The van der Waals surface area contributed by atoms with Crippen molar-refractivity contribution in [3.63, 3.8) is 0 Å². The summed E-state index contributed by atoms with van der Waals surface area (Å²) in [6.45, 7) is -0.791. The fraction of sp³-hybridized carbons (Fsp3) is 0.350. The quantitative estimate of drug-likeness (QED) is 0.325. The molecule has 0 fully saturated rings. The van der Waals surface area contributed by atoms with E-state index in [9.17, 15) is 53.1 Å². The Hall–Kier alpha value is -3.37. The van der Waals surface area contributed by atoms with E-state index in [1.54, 1.807) is 0 Å². The molecule has 0 aliphatic heterocycles. The molecule has 1 aromatic carbocycles. The Morgan fingerprint density at radius 3 is 2.21 bits per heavy atom. The zero-order chi connectivity index (χ0) is 28.8. The van der Waals surface area contributed by atoms with Gasteiger partial charge in [0.05, 0.1) is 17.0 Å². The normalized spacial score (nSPS) is 13.2. The van der Waals surface area contributed by atoms with Gasteiger partial charge in [0.1, 0.15) is 17.0 Å². The van der Waals surface area contributed by atoms with Crippen LogP contribution in [0.15, 0.2) is 28.8 Å². The van der Waals surface area contributed by atoms with Gasteiger partial charge >= 0.3 is 24.5 Å². The van der Waals surface area contributed by atoms with Gasteiger partial charge < -0.3 is 9.84 Å². The number of aryl methyl sites for hydroxylation is 1. The third kappa shape index (κ3) is 5.86. The standard InChI is InChI=1S/C20H12ClF11N4O2/c1-36-14(13(19(27,28)29)15(34-36)18(25,26)20(30,31)32)11-7-12(38-35-11)8-2-3-10(21)9(6-8)16(37)33-5-4-17(22,23)24/h2-3,6-7H,4-5H2,1H3,(H,33,37). The molecule has 6 nitrogen and oxygen atoms in total. The van der Waals surface area contributed by atoms with E-state index in [4.69, 9.17) is 16.1 Å². The fourth-order valence-corrected chi connectivity index (χ4v) is 3.43. The van der Waals surface area contributed by atoms with E-state index in [-0.39, 0.29) is 26.6 Å². The minimum atomic E-state index is -6.39. The Bertz CT molecular complexity index is 1340. The summed E-state index contributed by atoms with van der Waals surface area (Å²) in [4.78, 5) is 12.2. The summed E-state index contributed by atoms with van der Waals surface area (Å²) in [6, 6.07) is 4.02. The average molecular weight is 585 g/mol. The van der Waals surface area contributed by atoms with Gasteiger partial charge in [-0.3, -0.25) is 9.48 Å². The van der Waals surface area contributed by atoms with Crippen LogP contribution >= 0.6 is 11.6 Å². The summed E-state index contributed by atoms with van der Waals surface area (Å²) in [6.07, 6.45) is -18.0. The Morgan fingerprint density at radius 2 is 1.66 bits per heavy atom. The highest BCUT2D eigenvalue weighted by molar-refractivity contribution is 6.34. The van der Waals surface area contributed by atoms with Gasteiger partial charge in [0, 0.05) is 25.2 Å². The minimum absolute atomic E-state index is 0.0920. The Kier molecular flexibility index (Phi) is 7.48. The van der Waals surface area contributed by atoms with Gasteiger partial charge in [-0.25, -0.2) is 0 Å².